The minimum atomic E-state index is -0.762. The first-order valence-electron chi connectivity index (χ1n) is 10.3. The molecule has 1 aromatic heterocycles. The van der Waals surface area contributed by atoms with Gasteiger partial charge in [-0.15, -0.1) is 0 Å². The predicted octanol–water partition coefficient (Wildman–Crippen LogP) is 5.92. The molecule has 0 aliphatic carbocycles. The van der Waals surface area contributed by atoms with E-state index in [1.54, 1.807) is 4.90 Å². The summed E-state index contributed by atoms with van der Waals surface area (Å²) in [6.45, 7) is 4.40. The third-order valence-corrected chi connectivity index (χ3v) is 6.30. The van der Waals surface area contributed by atoms with Crippen LogP contribution in [-0.2, 0) is 4.79 Å². The number of nitrogens with zero attached hydrogens (tertiary/aromatic N) is 2. The first-order chi connectivity index (χ1) is 15.1. The highest BCUT2D eigenvalue weighted by Crippen LogP contribution is 2.39. The largest absolute Gasteiger partial charge is 0.485 e. The fourth-order valence-electron chi connectivity index (χ4n) is 3.74. The SMILES string of the molecule is CC(C)c1ccccc1N(C(=O)[C@@H]1COc2ccccc2O1)c1nc2ccccc2s1. The monoisotopic (exact) mass is 430 g/mol. The van der Waals surface area contributed by atoms with Crippen LogP contribution in [0, 0.1) is 0 Å². The second kappa shape index (κ2) is 8.04. The van der Waals surface area contributed by atoms with Crippen LogP contribution in [0.3, 0.4) is 0 Å². The van der Waals surface area contributed by atoms with Crippen LogP contribution in [0.1, 0.15) is 25.3 Å². The smallest absolute Gasteiger partial charge is 0.278 e. The Morgan fingerprint density at radius 1 is 1.00 bits per heavy atom. The van der Waals surface area contributed by atoms with E-state index in [0.717, 1.165) is 21.5 Å². The van der Waals surface area contributed by atoms with Gasteiger partial charge in [0.2, 0.25) is 6.10 Å². The molecule has 0 saturated heterocycles. The average Bonchev–Trinajstić information content (AvgIpc) is 3.22. The summed E-state index contributed by atoms with van der Waals surface area (Å²) in [4.78, 5) is 20.3. The number of carbonyl (C=O) groups excluding carboxylic acids is 1. The van der Waals surface area contributed by atoms with Gasteiger partial charge < -0.3 is 9.47 Å². The normalized spacial score (nSPS) is 15.3. The lowest BCUT2D eigenvalue weighted by Gasteiger charge is -2.31. The number of rotatable bonds is 4. The minimum Gasteiger partial charge on any atom is -0.485 e. The van der Waals surface area contributed by atoms with E-state index in [9.17, 15) is 4.79 Å². The molecule has 5 rings (SSSR count). The van der Waals surface area contributed by atoms with Crippen LogP contribution in [0.4, 0.5) is 10.8 Å². The molecule has 0 bridgehead atoms. The highest BCUT2D eigenvalue weighted by atomic mass is 32.1. The molecule has 0 N–H and O–H groups in total. The molecule has 3 aromatic carbocycles. The average molecular weight is 431 g/mol. The van der Waals surface area contributed by atoms with Gasteiger partial charge >= 0.3 is 0 Å². The number of anilines is 2. The highest BCUT2D eigenvalue weighted by molar-refractivity contribution is 7.22. The van der Waals surface area contributed by atoms with Gasteiger partial charge in [-0.1, -0.05) is 67.6 Å². The van der Waals surface area contributed by atoms with E-state index < -0.39 is 6.10 Å². The summed E-state index contributed by atoms with van der Waals surface area (Å²) in [6, 6.07) is 23.3. The Bertz CT molecular complexity index is 1220. The van der Waals surface area contributed by atoms with Crippen molar-refractivity contribution in [1.29, 1.82) is 0 Å². The van der Waals surface area contributed by atoms with Crippen molar-refractivity contribution in [3.63, 3.8) is 0 Å². The predicted molar refractivity (Wildman–Crippen MR) is 124 cm³/mol. The van der Waals surface area contributed by atoms with Crippen molar-refractivity contribution in [2.75, 3.05) is 11.5 Å². The topological polar surface area (TPSA) is 51.7 Å². The number of para-hydroxylation sites is 4. The van der Waals surface area contributed by atoms with Crippen molar-refractivity contribution in [3.8, 4) is 11.5 Å². The molecule has 2 heterocycles. The molecular formula is C25H22N2O3S. The zero-order valence-electron chi connectivity index (χ0n) is 17.3. The summed E-state index contributed by atoms with van der Waals surface area (Å²) in [5.74, 6) is 1.28. The maximum atomic E-state index is 13.8. The van der Waals surface area contributed by atoms with E-state index in [1.165, 1.54) is 11.3 Å². The van der Waals surface area contributed by atoms with Crippen molar-refractivity contribution < 1.29 is 14.3 Å². The summed E-state index contributed by atoms with van der Waals surface area (Å²) in [5.41, 5.74) is 2.77. The molecule has 5 nitrogen and oxygen atoms in total. The van der Waals surface area contributed by atoms with Gasteiger partial charge in [-0.05, 0) is 41.8 Å². The van der Waals surface area contributed by atoms with Gasteiger partial charge in [0.05, 0.1) is 15.9 Å². The van der Waals surface area contributed by atoms with E-state index in [4.69, 9.17) is 14.5 Å². The molecule has 1 amide bonds. The molecule has 1 aliphatic rings. The second-order valence-corrected chi connectivity index (χ2v) is 8.72. The summed E-state index contributed by atoms with van der Waals surface area (Å²) >= 11 is 1.50. The molecule has 4 aromatic rings. The fourth-order valence-corrected chi connectivity index (χ4v) is 4.72. The molecule has 0 saturated carbocycles. The number of benzene rings is 3. The Morgan fingerprint density at radius 2 is 1.71 bits per heavy atom. The van der Waals surface area contributed by atoms with Gasteiger partial charge in [0, 0.05) is 0 Å². The van der Waals surface area contributed by atoms with Gasteiger partial charge in [-0.25, -0.2) is 4.98 Å². The molecule has 1 atom stereocenters. The van der Waals surface area contributed by atoms with Crippen LogP contribution in [0.15, 0.2) is 72.8 Å². The summed E-state index contributed by atoms with van der Waals surface area (Å²) in [5, 5.41) is 0.627. The Hall–Kier alpha value is -3.38. The number of carbonyl (C=O) groups is 1. The zero-order chi connectivity index (χ0) is 21.4. The number of aromatic nitrogens is 1. The lowest BCUT2D eigenvalue weighted by Crippen LogP contribution is -2.45. The molecule has 0 unspecified atom stereocenters. The van der Waals surface area contributed by atoms with Gasteiger partial charge in [0.1, 0.15) is 6.61 Å². The number of fused-ring (bicyclic) bond motifs is 2. The van der Waals surface area contributed by atoms with Gasteiger partial charge in [-0.2, -0.15) is 0 Å². The second-order valence-electron chi connectivity index (χ2n) is 7.72. The Labute approximate surface area is 184 Å². The number of amides is 1. The van der Waals surface area contributed by atoms with E-state index >= 15 is 0 Å². The molecule has 6 heteroatoms. The number of hydrogen-bond donors (Lipinski definition) is 0. The van der Waals surface area contributed by atoms with Gasteiger partial charge in [-0.3, -0.25) is 9.69 Å². The lowest BCUT2D eigenvalue weighted by molar-refractivity contribution is -0.126. The Balaban J connectivity index is 1.60. The van der Waals surface area contributed by atoms with Crippen molar-refractivity contribution in [1.82, 2.24) is 4.98 Å². The van der Waals surface area contributed by atoms with E-state index in [2.05, 4.69) is 19.9 Å². The summed E-state index contributed by atoms with van der Waals surface area (Å²) in [7, 11) is 0. The summed E-state index contributed by atoms with van der Waals surface area (Å²) in [6.07, 6.45) is -0.762. The number of thiazole rings is 1. The van der Waals surface area contributed by atoms with E-state index in [0.29, 0.717) is 16.6 Å². The highest BCUT2D eigenvalue weighted by Gasteiger charge is 2.35. The molecule has 0 spiro atoms. The van der Waals surface area contributed by atoms with Crippen LogP contribution in [0.5, 0.6) is 11.5 Å². The molecule has 156 valence electrons. The van der Waals surface area contributed by atoms with Crippen LogP contribution >= 0.6 is 11.3 Å². The maximum Gasteiger partial charge on any atom is 0.278 e. The van der Waals surface area contributed by atoms with Crippen LogP contribution < -0.4 is 14.4 Å². The zero-order valence-corrected chi connectivity index (χ0v) is 18.1. The first kappa shape index (κ1) is 19.6. The Morgan fingerprint density at radius 3 is 2.52 bits per heavy atom. The van der Waals surface area contributed by atoms with Crippen molar-refractivity contribution in [2.45, 2.75) is 25.9 Å². The fraction of sp³-hybridized carbons (Fsp3) is 0.200. The van der Waals surface area contributed by atoms with Crippen LogP contribution in [-0.4, -0.2) is 23.6 Å². The van der Waals surface area contributed by atoms with Gasteiger partial charge in [0.15, 0.2) is 16.6 Å². The van der Waals surface area contributed by atoms with Crippen molar-refractivity contribution >= 4 is 38.3 Å². The third-order valence-electron chi connectivity index (χ3n) is 5.28. The maximum absolute atomic E-state index is 13.8. The number of ether oxygens (including phenoxy) is 2. The molecule has 0 radical (unpaired) electrons. The third kappa shape index (κ3) is 3.64. The van der Waals surface area contributed by atoms with Crippen LogP contribution in [0.25, 0.3) is 10.2 Å². The summed E-state index contributed by atoms with van der Waals surface area (Å²) < 4.78 is 12.9. The van der Waals surface area contributed by atoms with Crippen molar-refractivity contribution in [3.05, 3.63) is 78.4 Å². The van der Waals surface area contributed by atoms with Crippen molar-refractivity contribution in [2.24, 2.45) is 0 Å². The lowest BCUT2D eigenvalue weighted by atomic mass is 10.0. The standard InChI is InChI=1S/C25H22N2O3S/c1-16(2)17-9-3-5-11-19(17)27(25-26-18-10-4-8-14-23(18)31-25)24(28)22-15-29-20-12-6-7-13-21(20)30-22/h3-14,16,22H,15H2,1-2H3/t22-/m0/s1. The van der Waals surface area contributed by atoms with E-state index in [-0.39, 0.29) is 18.4 Å². The quantitative estimate of drug-likeness (QED) is 0.403. The molecule has 31 heavy (non-hydrogen) atoms. The molecule has 1 aliphatic heterocycles. The Kier molecular flexibility index (Phi) is 5.08. The number of hydrogen-bond acceptors (Lipinski definition) is 5. The van der Waals surface area contributed by atoms with Gasteiger partial charge in [0.25, 0.3) is 5.91 Å². The first-order valence-corrected chi connectivity index (χ1v) is 11.1. The van der Waals surface area contributed by atoms with Crippen LogP contribution in [0.2, 0.25) is 0 Å². The minimum absolute atomic E-state index is 0.154. The molecule has 0 fully saturated rings. The van der Waals surface area contributed by atoms with E-state index in [1.807, 2.05) is 66.7 Å². The molecular weight excluding hydrogens is 408 g/mol.